The van der Waals surface area contributed by atoms with E-state index in [-0.39, 0.29) is 5.91 Å². The van der Waals surface area contributed by atoms with Crippen LogP contribution in [0.25, 0.3) is 11.3 Å². The number of hydrogen-bond acceptors (Lipinski definition) is 4. The molecule has 1 aromatic heterocycles. The topological polar surface area (TPSA) is 59.4 Å². The van der Waals surface area contributed by atoms with E-state index in [0.29, 0.717) is 22.9 Å². The fourth-order valence-electron chi connectivity index (χ4n) is 5.11. The van der Waals surface area contributed by atoms with Gasteiger partial charge in [0.25, 0.3) is 5.91 Å². The van der Waals surface area contributed by atoms with E-state index in [0.717, 1.165) is 40.1 Å². The zero-order valence-corrected chi connectivity index (χ0v) is 20.8. The lowest BCUT2D eigenvalue weighted by molar-refractivity contribution is 0.102. The molecule has 2 aliphatic rings. The second-order valence-corrected chi connectivity index (χ2v) is 9.98. The van der Waals surface area contributed by atoms with Gasteiger partial charge in [0.2, 0.25) is 0 Å². The Labute approximate surface area is 207 Å². The summed E-state index contributed by atoms with van der Waals surface area (Å²) < 4.78 is 8.95. The summed E-state index contributed by atoms with van der Waals surface area (Å²) >= 11 is 9.65. The first kappa shape index (κ1) is 22.4. The first-order valence-electron chi connectivity index (χ1n) is 11.3. The number of rotatable bonds is 7. The number of aromatic nitrogens is 2. The van der Waals surface area contributed by atoms with Gasteiger partial charge in [-0.25, -0.2) is 0 Å². The number of anilines is 1. The molecule has 2 aromatic carbocycles. The summed E-state index contributed by atoms with van der Waals surface area (Å²) in [6.07, 6.45) is 7.04. The minimum absolute atomic E-state index is 0.217. The van der Waals surface area contributed by atoms with Gasteiger partial charge in [0.05, 0.1) is 16.4 Å². The Balaban J connectivity index is 1.37. The van der Waals surface area contributed by atoms with Crippen LogP contribution < -0.4 is 10.1 Å². The first-order valence-corrected chi connectivity index (χ1v) is 12.4. The fourth-order valence-corrected chi connectivity index (χ4v) is 5.86. The van der Waals surface area contributed by atoms with Crippen LogP contribution in [0.2, 0.25) is 5.02 Å². The number of ether oxygens (including phenoxy) is 1. The van der Waals surface area contributed by atoms with Crippen LogP contribution in [0.15, 0.2) is 53.1 Å². The highest BCUT2D eigenvalue weighted by Crippen LogP contribution is 2.38. The zero-order chi connectivity index (χ0) is 22.9. The van der Waals surface area contributed by atoms with Gasteiger partial charge in [0, 0.05) is 47.5 Å². The lowest BCUT2D eigenvalue weighted by Gasteiger charge is -2.22. The van der Waals surface area contributed by atoms with Gasteiger partial charge in [-0.1, -0.05) is 17.7 Å². The molecule has 1 amide bonds. The average Bonchev–Trinajstić information content (AvgIpc) is 3.48. The Morgan fingerprint density at radius 2 is 1.94 bits per heavy atom. The second kappa shape index (κ2) is 9.49. The van der Waals surface area contributed by atoms with E-state index >= 15 is 0 Å². The molecule has 0 saturated carbocycles. The van der Waals surface area contributed by atoms with Crippen LogP contribution in [-0.2, 0) is 7.05 Å². The molecule has 3 aromatic rings. The number of amides is 1. The van der Waals surface area contributed by atoms with E-state index in [1.54, 1.807) is 35.1 Å². The van der Waals surface area contributed by atoms with Crippen molar-refractivity contribution in [3.63, 3.8) is 0 Å². The molecule has 3 heterocycles. The fraction of sp³-hybridized carbons (Fsp3) is 0.360. The predicted octanol–water partition coefficient (Wildman–Crippen LogP) is 5.76. The highest BCUT2D eigenvalue weighted by atomic mass is 79.9. The first-order chi connectivity index (χ1) is 16.0. The molecule has 2 saturated heterocycles. The van der Waals surface area contributed by atoms with Gasteiger partial charge in [-0.3, -0.25) is 14.4 Å². The number of carbonyl (C=O) groups is 1. The molecule has 172 valence electrons. The van der Waals surface area contributed by atoms with Crippen molar-refractivity contribution in [1.29, 1.82) is 0 Å². The quantitative estimate of drug-likeness (QED) is 0.423. The molecule has 2 fully saturated rings. The van der Waals surface area contributed by atoms with E-state index in [1.807, 2.05) is 25.2 Å². The summed E-state index contributed by atoms with van der Waals surface area (Å²) in [5.74, 6) is 0.553. The van der Waals surface area contributed by atoms with Crippen molar-refractivity contribution in [1.82, 2.24) is 14.7 Å². The maximum atomic E-state index is 12.7. The number of halogens is 2. The van der Waals surface area contributed by atoms with Gasteiger partial charge in [-0.2, -0.15) is 5.10 Å². The minimum Gasteiger partial charge on any atom is -0.492 e. The Bertz CT molecular complexity index is 1140. The number of hydrogen-bond donors (Lipinski definition) is 1. The van der Waals surface area contributed by atoms with Crippen molar-refractivity contribution >= 4 is 39.1 Å². The van der Waals surface area contributed by atoms with Gasteiger partial charge in [-0.15, -0.1) is 0 Å². The molecule has 6 nitrogen and oxygen atoms in total. The van der Waals surface area contributed by atoms with Crippen LogP contribution in [0.4, 0.5) is 5.69 Å². The molecule has 2 bridgehead atoms. The van der Waals surface area contributed by atoms with Crippen molar-refractivity contribution in [2.45, 2.75) is 37.8 Å². The second-order valence-electron chi connectivity index (χ2n) is 8.69. The van der Waals surface area contributed by atoms with Gasteiger partial charge in [0.15, 0.2) is 0 Å². The molecule has 0 atom stereocenters. The van der Waals surface area contributed by atoms with Crippen molar-refractivity contribution in [3.8, 4) is 17.0 Å². The molecule has 8 heteroatoms. The molecule has 33 heavy (non-hydrogen) atoms. The SMILES string of the molecule is Cn1ncc(Br)c1-c1cc(NC(=O)c2cccc(Cl)c2)ccc1OCCN1C2CCC1CC2. The lowest BCUT2D eigenvalue weighted by atomic mass is 10.0. The molecule has 2 aliphatic heterocycles. The van der Waals surface area contributed by atoms with Crippen LogP contribution in [0.5, 0.6) is 5.75 Å². The van der Waals surface area contributed by atoms with Gasteiger partial charge in [-0.05, 0) is 78.0 Å². The normalized spacial score (nSPS) is 19.7. The number of benzene rings is 2. The third kappa shape index (κ3) is 4.67. The highest BCUT2D eigenvalue weighted by molar-refractivity contribution is 9.10. The van der Waals surface area contributed by atoms with Crippen molar-refractivity contribution in [2.75, 3.05) is 18.5 Å². The van der Waals surface area contributed by atoms with E-state index in [1.165, 1.54) is 25.7 Å². The van der Waals surface area contributed by atoms with Gasteiger partial charge >= 0.3 is 0 Å². The summed E-state index contributed by atoms with van der Waals surface area (Å²) in [5, 5.41) is 7.85. The van der Waals surface area contributed by atoms with Gasteiger partial charge < -0.3 is 10.1 Å². The maximum absolute atomic E-state index is 12.7. The summed E-state index contributed by atoms with van der Waals surface area (Å²) in [6.45, 7) is 1.57. The third-order valence-corrected chi connectivity index (χ3v) is 7.50. The molecular weight excluding hydrogens is 504 g/mol. The van der Waals surface area contributed by atoms with Crippen LogP contribution in [0.3, 0.4) is 0 Å². The Kier molecular flexibility index (Phi) is 6.45. The molecule has 1 N–H and O–H groups in total. The predicted molar refractivity (Wildman–Crippen MR) is 134 cm³/mol. The number of aryl methyl sites for hydroxylation is 1. The Morgan fingerprint density at radius 1 is 1.18 bits per heavy atom. The van der Waals surface area contributed by atoms with E-state index in [2.05, 4.69) is 31.2 Å². The molecular formula is C25H26BrClN4O2. The number of nitrogens with one attached hydrogen (secondary N) is 1. The zero-order valence-electron chi connectivity index (χ0n) is 18.4. The van der Waals surface area contributed by atoms with E-state index in [4.69, 9.17) is 16.3 Å². The van der Waals surface area contributed by atoms with Crippen molar-refractivity contribution < 1.29 is 9.53 Å². The molecule has 5 rings (SSSR count). The van der Waals surface area contributed by atoms with Crippen LogP contribution in [-0.4, -0.2) is 45.8 Å². The highest BCUT2D eigenvalue weighted by Gasteiger charge is 2.38. The Hall–Kier alpha value is -2.35. The summed E-state index contributed by atoms with van der Waals surface area (Å²) in [4.78, 5) is 15.3. The standard InChI is InChI=1S/C25H26BrClN4O2/c1-30-24(22(26)15-28-30)21-14-18(29-25(32)16-3-2-4-17(27)13-16)5-10-23(21)33-12-11-31-19-6-7-20(31)9-8-19/h2-5,10,13-15,19-20H,6-9,11-12H2,1H3,(H,29,32). The number of fused-ring (bicyclic) bond motifs is 2. The summed E-state index contributed by atoms with van der Waals surface area (Å²) in [7, 11) is 1.89. The largest absolute Gasteiger partial charge is 0.492 e. The summed E-state index contributed by atoms with van der Waals surface area (Å²) in [5.41, 5.74) is 2.94. The van der Waals surface area contributed by atoms with Crippen LogP contribution in [0.1, 0.15) is 36.0 Å². The smallest absolute Gasteiger partial charge is 0.255 e. The average molecular weight is 530 g/mol. The van der Waals surface area contributed by atoms with Crippen molar-refractivity contribution in [3.05, 3.63) is 63.7 Å². The monoisotopic (exact) mass is 528 g/mol. The minimum atomic E-state index is -0.217. The molecule has 0 aliphatic carbocycles. The van der Waals surface area contributed by atoms with E-state index < -0.39 is 0 Å². The molecule has 0 unspecified atom stereocenters. The lowest BCUT2D eigenvalue weighted by Crippen LogP contribution is -2.32. The number of nitrogens with zero attached hydrogens (tertiary/aromatic N) is 3. The van der Waals surface area contributed by atoms with Crippen molar-refractivity contribution in [2.24, 2.45) is 7.05 Å². The number of carbonyl (C=O) groups excluding carboxylic acids is 1. The van der Waals surface area contributed by atoms with Crippen LogP contribution >= 0.6 is 27.5 Å². The third-order valence-electron chi connectivity index (χ3n) is 6.68. The molecule has 0 spiro atoms. The molecule has 0 radical (unpaired) electrons. The van der Waals surface area contributed by atoms with E-state index in [9.17, 15) is 4.79 Å². The summed E-state index contributed by atoms with van der Waals surface area (Å²) in [6, 6.07) is 14.1. The van der Waals surface area contributed by atoms with Gasteiger partial charge in [0.1, 0.15) is 12.4 Å². The Morgan fingerprint density at radius 3 is 2.61 bits per heavy atom. The maximum Gasteiger partial charge on any atom is 0.255 e. The van der Waals surface area contributed by atoms with Crippen LogP contribution in [0, 0.1) is 0 Å².